The summed E-state index contributed by atoms with van der Waals surface area (Å²) in [5.74, 6) is -0.841. The van der Waals surface area contributed by atoms with Crippen LogP contribution < -0.4 is 5.11 Å². The van der Waals surface area contributed by atoms with Gasteiger partial charge in [-0.05, 0) is 24.1 Å². The molecule has 0 aromatic heterocycles. The first-order valence-electron chi connectivity index (χ1n) is 6.16. The molecule has 0 radical (unpaired) electrons. The van der Waals surface area contributed by atoms with Gasteiger partial charge in [0.2, 0.25) is 0 Å². The van der Waals surface area contributed by atoms with Crippen LogP contribution in [0.1, 0.15) is 21.5 Å². The van der Waals surface area contributed by atoms with Crippen molar-refractivity contribution in [1.82, 2.24) is 0 Å². The van der Waals surface area contributed by atoms with Gasteiger partial charge in [0.15, 0.2) is 0 Å². The molecule has 0 fully saturated rings. The van der Waals surface area contributed by atoms with Crippen LogP contribution in [0, 0.1) is 17.0 Å². The van der Waals surface area contributed by atoms with Gasteiger partial charge in [-0.25, -0.2) is 0 Å². The van der Waals surface area contributed by atoms with Crippen LogP contribution in [-0.4, -0.2) is 10.9 Å². The Kier molecular flexibility index (Phi) is 4.59. The zero-order valence-electron chi connectivity index (χ0n) is 11.2. The average Bonchev–Trinajstić information content (AvgIpc) is 2.46. The first-order chi connectivity index (χ1) is 9.99. The number of carboxylic acids is 1. The van der Waals surface area contributed by atoms with E-state index in [2.05, 4.69) is 0 Å². The zero-order chi connectivity index (χ0) is 15.4. The van der Waals surface area contributed by atoms with E-state index in [9.17, 15) is 20.0 Å². The van der Waals surface area contributed by atoms with Crippen molar-refractivity contribution in [3.8, 4) is 0 Å². The van der Waals surface area contributed by atoms with Crippen molar-refractivity contribution in [2.45, 2.75) is 17.6 Å². The minimum Gasteiger partial charge on any atom is -0.545 e. The van der Waals surface area contributed by atoms with E-state index in [1.165, 1.54) is 23.9 Å². The Morgan fingerprint density at radius 3 is 2.57 bits per heavy atom. The molecule has 2 aromatic carbocycles. The van der Waals surface area contributed by atoms with Gasteiger partial charge in [0.05, 0.1) is 15.8 Å². The Balaban J connectivity index is 2.26. The second kappa shape index (κ2) is 6.41. The molecule has 0 aliphatic rings. The molecule has 0 N–H and O–H groups in total. The molecular formula is C15H12NO4S-. The van der Waals surface area contributed by atoms with Gasteiger partial charge in [-0.2, -0.15) is 0 Å². The first kappa shape index (κ1) is 15.1. The third-order valence-electron chi connectivity index (χ3n) is 3.04. The number of nitro groups is 1. The Labute approximate surface area is 125 Å². The minimum atomic E-state index is -1.42. The van der Waals surface area contributed by atoms with Crippen LogP contribution in [0.15, 0.2) is 47.4 Å². The highest BCUT2D eigenvalue weighted by Crippen LogP contribution is 2.32. The maximum atomic E-state index is 11.1. The van der Waals surface area contributed by atoms with Crippen molar-refractivity contribution < 1.29 is 14.8 Å². The van der Waals surface area contributed by atoms with Gasteiger partial charge in [-0.3, -0.25) is 10.1 Å². The monoisotopic (exact) mass is 302 g/mol. The summed E-state index contributed by atoms with van der Waals surface area (Å²) >= 11 is 1.31. The number of hydrogen-bond donors (Lipinski definition) is 0. The number of carbonyl (C=O) groups is 1. The molecule has 0 aliphatic carbocycles. The number of aryl methyl sites for hydroxylation is 1. The smallest absolute Gasteiger partial charge is 0.283 e. The van der Waals surface area contributed by atoms with Crippen molar-refractivity contribution in [3.63, 3.8) is 0 Å². The van der Waals surface area contributed by atoms with Gasteiger partial charge in [0.25, 0.3) is 5.69 Å². The number of aromatic carboxylic acids is 1. The number of carboxylic acid groups (broad SMARTS) is 1. The molecule has 5 nitrogen and oxygen atoms in total. The van der Waals surface area contributed by atoms with Gasteiger partial charge in [-0.15, -0.1) is 11.8 Å². The molecular weight excluding hydrogens is 290 g/mol. The van der Waals surface area contributed by atoms with E-state index in [0.717, 1.165) is 17.2 Å². The normalized spacial score (nSPS) is 10.3. The van der Waals surface area contributed by atoms with Crippen molar-refractivity contribution >= 4 is 23.4 Å². The minimum absolute atomic E-state index is 0.193. The fourth-order valence-corrected chi connectivity index (χ4v) is 2.92. The molecule has 0 saturated heterocycles. The molecule has 0 unspecified atom stereocenters. The molecule has 0 heterocycles. The van der Waals surface area contributed by atoms with Crippen LogP contribution in [0.5, 0.6) is 0 Å². The Bertz CT molecular complexity index is 700. The highest BCUT2D eigenvalue weighted by Gasteiger charge is 2.15. The van der Waals surface area contributed by atoms with Gasteiger partial charge < -0.3 is 9.90 Å². The molecule has 0 bridgehead atoms. The van der Waals surface area contributed by atoms with Crippen LogP contribution in [0.2, 0.25) is 0 Å². The Hall–Kier alpha value is -2.34. The zero-order valence-corrected chi connectivity index (χ0v) is 12.1. The molecule has 0 saturated carbocycles. The maximum Gasteiger partial charge on any atom is 0.283 e. The van der Waals surface area contributed by atoms with Crippen molar-refractivity contribution in [1.29, 1.82) is 0 Å². The third-order valence-corrected chi connectivity index (χ3v) is 4.15. The summed E-state index contributed by atoms with van der Waals surface area (Å²) < 4.78 is 0. The van der Waals surface area contributed by atoms with E-state index < -0.39 is 10.9 Å². The molecule has 0 amide bonds. The standard InChI is InChI=1S/C15H13NO4S/c1-10-4-2-3-5-12(10)9-21-14-7-6-11(15(17)18)8-13(14)16(19)20/h2-8H,9H2,1H3,(H,17,18)/p-1. The fraction of sp³-hybridized carbons (Fsp3) is 0.133. The largest absolute Gasteiger partial charge is 0.545 e. The van der Waals surface area contributed by atoms with Gasteiger partial charge in [0.1, 0.15) is 0 Å². The number of nitro benzene ring substituents is 1. The number of nitrogens with zero attached hydrogens (tertiary/aromatic N) is 1. The molecule has 2 rings (SSSR count). The highest BCUT2D eigenvalue weighted by molar-refractivity contribution is 7.98. The second-order valence-electron chi connectivity index (χ2n) is 4.44. The van der Waals surface area contributed by atoms with E-state index in [1.54, 1.807) is 0 Å². The summed E-state index contributed by atoms with van der Waals surface area (Å²) in [4.78, 5) is 21.7. The predicted molar refractivity (Wildman–Crippen MR) is 78.2 cm³/mol. The molecule has 0 aliphatic heterocycles. The summed E-state index contributed by atoms with van der Waals surface area (Å²) in [6.45, 7) is 1.98. The van der Waals surface area contributed by atoms with Crippen LogP contribution in [0.3, 0.4) is 0 Å². The number of benzene rings is 2. The lowest BCUT2D eigenvalue weighted by Gasteiger charge is -2.08. The van der Waals surface area contributed by atoms with Crippen LogP contribution in [-0.2, 0) is 5.75 Å². The van der Waals surface area contributed by atoms with Crippen LogP contribution in [0.25, 0.3) is 0 Å². The third kappa shape index (κ3) is 3.61. The summed E-state index contributed by atoms with van der Waals surface area (Å²) in [6.07, 6.45) is 0. The summed E-state index contributed by atoms with van der Waals surface area (Å²) in [6, 6.07) is 11.6. The Morgan fingerprint density at radius 1 is 1.24 bits per heavy atom. The van der Waals surface area contributed by atoms with Crippen molar-refractivity contribution in [3.05, 3.63) is 69.3 Å². The lowest BCUT2D eigenvalue weighted by Crippen LogP contribution is -2.22. The van der Waals surface area contributed by atoms with Crippen LogP contribution in [0.4, 0.5) is 5.69 Å². The molecule has 21 heavy (non-hydrogen) atoms. The first-order valence-corrected chi connectivity index (χ1v) is 7.14. The van der Waals surface area contributed by atoms with Gasteiger partial charge >= 0.3 is 0 Å². The van der Waals surface area contributed by atoms with E-state index in [4.69, 9.17) is 0 Å². The van der Waals surface area contributed by atoms with Crippen molar-refractivity contribution in [2.75, 3.05) is 0 Å². The number of carbonyl (C=O) groups excluding carboxylic acids is 1. The van der Waals surface area contributed by atoms with E-state index in [0.29, 0.717) is 10.6 Å². The number of rotatable bonds is 5. The average molecular weight is 302 g/mol. The van der Waals surface area contributed by atoms with Gasteiger partial charge in [0, 0.05) is 17.4 Å². The van der Waals surface area contributed by atoms with E-state index in [1.807, 2.05) is 31.2 Å². The predicted octanol–water partition coefficient (Wildman–Crippen LogP) is 2.56. The van der Waals surface area contributed by atoms with Crippen molar-refractivity contribution in [2.24, 2.45) is 0 Å². The summed E-state index contributed by atoms with van der Waals surface area (Å²) in [5, 5.41) is 21.8. The van der Waals surface area contributed by atoms with E-state index >= 15 is 0 Å². The Morgan fingerprint density at radius 2 is 1.95 bits per heavy atom. The van der Waals surface area contributed by atoms with Crippen LogP contribution >= 0.6 is 11.8 Å². The quantitative estimate of drug-likeness (QED) is 0.481. The molecule has 0 spiro atoms. The fourth-order valence-electron chi connectivity index (χ4n) is 1.84. The number of hydrogen-bond acceptors (Lipinski definition) is 5. The second-order valence-corrected chi connectivity index (χ2v) is 5.46. The lowest BCUT2D eigenvalue weighted by atomic mass is 10.1. The lowest BCUT2D eigenvalue weighted by molar-refractivity contribution is -0.387. The maximum absolute atomic E-state index is 11.1. The topological polar surface area (TPSA) is 83.3 Å². The SMILES string of the molecule is Cc1ccccc1CSc1ccc(C(=O)[O-])cc1[N+](=O)[O-]. The molecule has 6 heteroatoms. The van der Waals surface area contributed by atoms with E-state index in [-0.39, 0.29) is 11.3 Å². The molecule has 0 atom stereocenters. The summed E-state index contributed by atoms with van der Waals surface area (Å²) in [5.41, 5.74) is 1.79. The molecule has 108 valence electrons. The van der Waals surface area contributed by atoms with Gasteiger partial charge in [-0.1, -0.05) is 30.3 Å². The number of thioether (sulfide) groups is 1. The highest BCUT2D eigenvalue weighted by atomic mass is 32.2. The summed E-state index contributed by atoms with van der Waals surface area (Å²) in [7, 11) is 0. The molecule has 2 aromatic rings.